The van der Waals surface area contributed by atoms with E-state index in [9.17, 15) is 5.11 Å². The molecule has 0 rings (SSSR count). The van der Waals surface area contributed by atoms with Crippen molar-refractivity contribution in [2.75, 3.05) is 0 Å². The smallest absolute Gasteiger partial charge is 0.0968 e. The fourth-order valence-electron chi connectivity index (χ4n) is 0.875. The van der Waals surface area contributed by atoms with Crippen molar-refractivity contribution in [1.82, 2.24) is 0 Å². The zero-order valence-corrected chi connectivity index (χ0v) is 7.29. The second-order valence-electron chi connectivity index (χ2n) is 2.73. The highest BCUT2D eigenvalue weighted by Crippen LogP contribution is 2.08. The molecule has 66 valence electrons. The van der Waals surface area contributed by atoms with Gasteiger partial charge in [0.25, 0.3) is 0 Å². The zero-order valence-electron chi connectivity index (χ0n) is 7.29. The molecule has 2 heteroatoms. The van der Waals surface area contributed by atoms with Crippen molar-refractivity contribution in [2.24, 2.45) is 0 Å². The van der Waals surface area contributed by atoms with E-state index in [0.29, 0.717) is 6.42 Å². The lowest BCUT2D eigenvalue weighted by molar-refractivity contribution is 0.201. The lowest BCUT2D eigenvalue weighted by atomic mass is 10.1. The number of hydrogen-bond acceptors (Lipinski definition) is 2. The van der Waals surface area contributed by atoms with Gasteiger partial charge >= 0.3 is 0 Å². The van der Waals surface area contributed by atoms with Gasteiger partial charge in [0.15, 0.2) is 0 Å². The molecule has 1 unspecified atom stereocenters. The zero-order chi connectivity index (χ0) is 9.40. The van der Waals surface area contributed by atoms with E-state index >= 15 is 0 Å². The Hall–Kier alpha value is -1.07. The molecule has 0 saturated carbocycles. The van der Waals surface area contributed by atoms with Gasteiger partial charge in [0.1, 0.15) is 0 Å². The van der Waals surface area contributed by atoms with Crippen molar-refractivity contribution in [3.8, 4) is 6.07 Å². The van der Waals surface area contributed by atoms with Crippen molar-refractivity contribution < 1.29 is 5.11 Å². The summed E-state index contributed by atoms with van der Waals surface area (Å²) in [4.78, 5) is 0. The van der Waals surface area contributed by atoms with Gasteiger partial charge in [0.2, 0.25) is 0 Å². The molecule has 0 aliphatic carbocycles. The van der Waals surface area contributed by atoms with Gasteiger partial charge in [-0.2, -0.15) is 5.26 Å². The number of nitrogens with zero attached hydrogens (tertiary/aromatic N) is 1. The van der Waals surface area contributed by atoms with Gasteiger partial charge in [-0.15, -0.1) is 6.58 Å². The summed E-state index contributed by atoms with van der Waals surface area (Å²) in [7, 11) is 0. The van der Waals surface area contributed by atoms with Gasteiger partial charge < -0.3 is 5.11 Å². The van der Waals surface area contributed by atoms with Gasteiger partial charge in [-0.1, -0.05) is 19.1 Å². The summed E-state index contributed by atoms with van der Waals surface area (Å²) in [6.45, 7) is 7.04. The minimum atomic E-state index is -0.653. The molecule has 0 aliphatic heterocycles. The van der Waals surface area contributed by atoms with E-state index in [1.807, 2.05) is 12.1 Å². The van der Waals surface area contributed by atoms with Gasteiger partial charge in [0.05, 0.1) is 17.7 Å². The summed E-state index contributed by atoms with van der Waals surface area (Å²) < 4.78 is 0. The molecule has 0 heterocycles. The first-order valence-corrected chi connectivity index (χ1v) is 4.10. The van der Waals surface area contributed by atoms with Crippen LogP contribution in [0.25, 0.3) is 0 Å². The van der Waals surface area contributed by atoms with Crippen LogP contribution in [0.15, 0.2) is 24.8 Å². The van der Waals surface area contributed by atoms with Crippen molar-refractivity contribution in [3.63, 3.8) is 0 Å². The third kappa shape index (κ3) is 4.70. The van der Waals surface area contributed by atoms with Crippen molar-refractivity contribution in [2.45, 2.75) is 31.8 Å². The molecular weight excluding hydrogens is 150 g/mol. The van der Waals surface area contributed by atoms with Gasteiger partial charge in [0, 0.05) is 0 Å². The van der Waals surface area contributed by atoms with Crippen molar-refractivity contribution in [1.29, 1.82) is 5.26 Å². The van der Waals surface area contributed by atoms with E-state index in [-0.39, 0.29) is 5.57 Å². The van der Waals surface area contributed by atoms with E-state index in [0.717, 1.165) is 19.3 Å². The fourth-order valence-corrected chi connectivity index (χ4v) is 0.875. The molecule has 2 nitrogen and oxygen atoms in total. The fraction of sp³-hybridized carbons (Fsp3) is 0.500. The van der Waals surface area contributed by atoms with Crippen LogP contribution < -0.4 is 0 Å². The summed E-state index contributed by atoms with van der Waals surface area (Å²) >= 11 is 0. The van der Waals surface area contributed by atoms with Crippen LogP contribution in [0, 0.1) is 11.3 Å². The largest absolute Gasteiger partial charge is 0.388 e. The highest BCUT2D eigenvalue weighted by molar-refractivity contribution is 5.20. The van der Waals surface area contributed by atoms with Gasteiger partial charge in [-0.05, 0) is 19.3 Å². The van der Waals surface area contributed by atoms with Crippen LogP contribution in [0.3, 0.4) is 0 Å². The van der Waals surface area contributed by atoms with Crippen LogP contribution in [0.5, 0.6) is 0 Å². The highest BCUT2D eigenvalue weighted by atomic mass is 16.3. The molecule has 0 bridgehead atoms. The summed E-state index contributed by atoms with van der Waals surface area (Å²) in [5.74, 6) is 0. The molecule has 1 atom stereocenters. The number of aliphatic hydroxyl groups is 1. The quantitative estimate of drug-likeness (QED) is 0.372. The average Bonchev–Trinajstić information content (AvgIpc) is 2.10. The Kier molecular flexibility index (Phi) is 6.04. The van der Waals surface area contributed by atoms with Gasteiger partial charge in [-0.3, -0.25) is 0 Å². The average molecular weight is 165 g/mol. The van der Waals surface area contributed by atoms with E-state index in [1.54, 1.807) is 0 Å². The molecule has 0 saturated heterocycles. The second kappa shape index (κ2) is 6.63. The predicted octanol–water partition coefficient (Wildman–Crippen LogP) is 2.17. The molecule has 0 radical (unpaired) electrons. The Balaban J connectivity index is 3.45. The molecule has 0 fully saturated rings. The maximum Gasteiger partial charge on any atom is 0.0968 e. The Morgan fingerprint density at radius 2 is 2.25 bits per heavy atom. The Morgan fingerprint density at radius 3 is 2.75 bits per heavy atom. The third-order valence-electron chi connectivity index (χ3n) is 1.68. The van der Waals surface area contributed by atoms with Crippen LogP contribution in [0.4, 0.5) is 0 Å². The summed E-state index contributed by atoms with van der Waals surface area (Å²) in [5, 5.41) is 17.7. The first kappa shape index (κ1) is 10.9. The first-order chi connectivity index (χ1) is 5.72. The van der Waals surface area contributed by atoms with Crippen molar-refractivity contribution >= 4 is 0 Å². The van der Waals surface area contributed by atoms with E-state index in [1.165, 1.54) is 0 Å². The molecule has 0 aromatic heterocycles. The van der Waals surface area contributed by atoms with Crippen LogP contribution in [-0.4, -0.2) is 11.2 Å². The lowest BCUT2D eigenvalue weighted by Gasteiger charge is -2.06. The van der Waals surface area contributed by atoms with Crippen LogP contribution >= 0.6 is 0 Å². The SMILES string of the molecule is C=CCCCCC(O)C(=C)C#N. The summed E-state index contributed by atoms with van der Waals surface area (Å²) in [6.07, 6.45) is 4.71. The molecule has 0 spiro atoms. The number of nitriles is 1. The number of rotatable bonds is 6. The van der Waals surface area contributed by atoms with Crippen LogP contribution in [-0.2, 0) is 0 Å². The predicted molar refractivity (Wildman–Crippen MR) is 49.4 cm³/mol. The highest BCUT2D eigenvalue weighted by Gasteiger charge is 2.06. The maximum atomic E-state index is 9.27. The molecule has 12 heavy (non-hydrogen) atoms. The molecular formula is C10H15NO. The van der Waals surface area contributed by atoms with Crippen molar-refractivity contribution in [3.05, 3.63) is 24.8 Å². The molecule has 0 aromatic rings. The summed E-state index contributed by atoms with van der Waals surface area (Å²) in [5.41, 5.74) is 0.258. The second-order valence-corrected chi connectivity index (χ2v) is 2.73. The van der Waals surface area contributed by atoms with E-state index in [2.05, 4.69) is 13.2 Å². The molecule has 0 aliphatic rings. The Morgan fingerprint density at radius 1 is 1.58 bits per heavy atom. The summed E-state index contributed by atoms with van der Waals surface area (Å²) in [6, 6.07) is 1.84. The normalized spacial score (nSPS) is 11.7. The van der Waals surface area contributed by atoms with Gasteiger partial charge in [-0.25, -0.2) is 0 Å². The molecule has 0 aromatic carbocycles. The monoisotopic (exact) mass is 165 g/mol. The number of unbranched alkanes of at least 4 members (excludes halogenated alkanes) is 2. The number of aliphatic hydroxyl groups excluding tert-OH is 1. The number of allylic oxidation sites excluding steroid dienone is 1. The topological polar surface area (TPSA) is 44.0 Å². The first-order valence-electron chi connectivity index (χ1n) is 4.10. The Bertz CT molecular complexity index is 191. The van der Waals surface area contributed by atoms with Crippen LogP contribution in [0.1, 0.15) is 25.7 Å². The van der Waals surface area contributed by atoms with Crippen LogP contribution in [0.2, 0.25) is 0 Å². The number of hydrogen-bond donors (Lipinski definition) is 1. The minimum Gasteiger partial charge on any atom is -0.388 e. The van der Waals surface area contributed by atoms with E-state index in [4.69, 9.17) is 5.26 Å². The van der Waals surface area contributed by atoms with E-state index < -0.39 is 6.10 Å². The third-order valence-corrected chi connectivity index (χ3v) is 1.68. The minimum absolute atomic E-state index is 0.258. The molecule has 0 amide bonds. The lowest BCUT2D eigenvalue weighted by Crippen LogP contribution is -2.07. The molecule has 1 N–H and O–H groups in total. The Labute approximate surface area is 73.8 Å². The maximum absolute atomic E-state index is 9.27. The standard InChI is InChI=1S/C10H15NO/c1-3-4-5-6-7-10(12)9(2)8-11/h3,10,12H,1-2,4-7H2.